The Bertz CT molecular complexity index is 364. The maximum atomic E-state index is 5.38. The molecule has 3 nitrogen and oxygen atoms in total. The van der Waals surface area contributed by atoms with Gasteiger partial charge in [0.05, 0.1) is 0 Å². The van der Waals surface area contributed by atoms with Gasteiger partial charge in [-0.3, -0.25) is 0 Å². The molecule has 0 bridgehead atoms. The van der Waals surface area contributed by atoms with Gasteiger partial charge in [0.25, 0.3) is 0 Å². The van der Waals surface area contributed by atoms with E-state index in [4.69, 9.17) is 9.47 Å². The zero-order chi connectivity index (χ0) is 10.1. The van der Waals surface area contributed by atoms with Crippen LogP contribution in [0.4, 0.5) is 0 Å². The average Bonchev–Trinajstić information content (AvgIpc) is 2.77. The van der Waals surface area contributed by atoms with Crippen molar-refractivity contribution in [2.24, 2.45) is 0 Å². The summed E-state index contributed by atoms with van der Waals surface area (Å²) in [6, 6.07) is 6.74. The number of nitrogens with one attached hydrogen (secondary N) is 1. The fraction of sp³-hybridized carbons (Fsp3) is 0.500. The molecule has 88 valence electrons. The van der Waals surface area contributed by atoms with Crippen LogP contribution in [0.25, 0.3) is 0 Å². The Morgan fingerprint density at radius 2 is 2.00 bits per heavy atom. The van der Waals surface area contributed by atoms with Crippen molar-refractivity contribution in [3.05, 3.63) is 23.8 Å². The molecule has 0 aromatic heterocycles. The van der Waals surface area contributed by atoms with Gasteiger partial charge in [0, 0.05) is 6.04 Å². The second-order valence-electron chi connectivity index (χ2n) is 4.12. The van der Waals surface area contributed by atoms with Gasteiger partial charge in [-0.25, -0.2) is 0 Å². The van der Waals surface area contributed by atoms with Gasteiger partial charge in [0.1, 0.15) is 0 Å². The van der Waals surface area contributed by atoms with E-state index in [0.717, 1.165) is 18.0 Å². The van der Waals surface area contributed by atoms with Gasteiger partial charge in [-0.2, -0.15) is 0 Å². The molecule has 16 heavy (non-hydrogen) atoms. The van der Waals surface area contributed by atoms with E-state index in [9.17, 15) is 0 Å². The molecule has 1 aromatic carbocycles. The Morgan fingerprint density at radius 3 is 2.81 bits per heavy atom. The Balaban J connectivity index is 0.000000963. The number of rotatable bonds is 1. The van der Waals surface area contributed by atoms with Crippen LogP contribution >= 0.6 is 12.4 Å². The number of hydrogen-bond donors (Lipinski definition) is 1. The molecule has 0 amide bonds. The third kappa shape index (κ3) is 2.11. The van der Waals surface area contributed by atoms with Crippen molar-refractivity contribution >= 4 is 12.4 Å². The highest BCUT2D eigenvalue weighted by atomic mass is 35.5. The quantitative estimate of drug-likeness (QED) is 0.820. The van der Waals surface area contributed by atoms with Crippen LogP contribution in [0.3, 0.4) is 0 Å². The highest BCUT2D eigenvalue weighted by molar-refractivity contribution is 5.85. The molecule has 0 spiro atoms. The largest absolute Gasteiger partial charge is 0.454 e. The monoisotopic (exact) mass is 241 g/mol. The highest BCUT2D eigenvalue weighted by Gasteiger charge is 2.19. The molecule has 0 saturated carbocycles. The van der Waals surface area contributed by atoms with Gasteiger partial charge in [0.15, 0.2) is 11.5 Å². The lowest BCUT2D eigenvalue weighted by atomic mass is 9.97. The molecule has 2 aliphatic heterocycles. The molecular weight excluding hydrogens is 226 g/mol. The molecular formula is C12H16ClNO2. The first-order chi connectivity index (χ1) is 7.43. The summed E-state index contributed by atoms with van der Waals surface area (Å²) in [6.07, 6.45) is 3.83. The Morgan fingerprint density at radius 1 is 1.12 bits per heavy atom. The second-order valence-corrected chi connectivity index (χ2v) is 4.12. The SMILES string of the molecule is Cl.c1cc2c(cc1[C@@H]1CCCCN1)OCO2. The molecule has 1 atom stereocenters. The maximum Gasteiger partial charge on any atom is 0.231 e. The van der Waals surface area contributed by atoms with Crippen molar-refractivity contribution in [3.63, 3.8) is 0 Å². The van der Waals surface area contributed by atoms with E-state index in [2.05, 4.69) is 17.4 Å². The predicted molar refractivity (Wildman–Crippen MR) is 64.4 cm³/mol. The minimum absolute atomic E-state index is 0. The van der Waals surface area contributed by atoms with Crippen LogP contribution in [0.2, 0.25) is 0 Å². The van der Waals surface area contributed by atoms with Crippen LogP contribution in [0.15, 0.2) is 18.2 Å². The second kappa shape index (κ2) is 4.93. The highest BCUT2D eigenvalue weighted by Crippen LogP contribution is 2.35. The lowest BCUT2D eigenvalue weighted by Crippen LogP contribution is -2.26. The third-order valence-electron chi connectivity index (χ3n) is 3.11. The summed E-state index contributed by atoms with van der Waals surface area (Å²) >= 11 is 0. The van der Waals surface area contributed by atoms with Crippen molar-refractivity contribution < 1.29 is 9.47 Å². The number of fused-ring (bicyclic) bond motifs is 1. The number of ether oxygens (including phenoxy) is 2. The summed E-state index contributed by atoms with van der Waals surface area (Å²) in [5, 5.41) is 3.53. The predicted octanol–water partition coefficient (Wildman–Crippen LogP) is 2.65. The minimum atomic E-state index is 0. The molecule has 1 saturated heterocycles. The summed E-state index contributed by atoms with van der Waals surface area (Å²) in [4.78, 5) is 0. The summed E-state index contributed by atoms with van der Waals surface area (Å²) in [7, 11) is 0. The third-order valence-corrected chi connectivity index (χ3v) is 3.11. The fourth-order valence-electron chi connectivity index (χ4n) is 2.27. The lowest BCUT2D eigenvalue weighted by Gasteiger charge is -2.23. The van der Waals surface area contributed by atoms with Crippen molar-refractivity contribution in [2.75, 3.05) is 13.3 Å². The molecule has 1 N–H and O–H groups in total. The smallest absolute Gasteiger partial charge is 0.231 e. The Kier molecular flexibility index (Phi) is 3.56. The molecule has 1 aromatic rings. The summed E-state index contributed by atoms with van der Waals surface area (Å²) < 4.78 is 10.7. The van der Waals surface area contributed by atoms with Crippen molar-refractivity contribution in [2.45, 2.75) is 25.3 Å². The molecule has 0 unspecified atom stereocenters. The number of halogens is 1. The van der Waals surface area contributed by atoms with Gasteiger partial charge < -0.3 is 14.8 Å². The molecule has 2 heterocycles. The van der Waals surface area contributed by atoms with Crippen molar-refractivity contribution in [1.29, 1.82) is 0 Å². The molecule has 1 fully saturated rings. The molecule has 2 aliphatic rings. The normalized spacial score (nSPS) is 22.6. The molecule has 3 rings (SSSR count). The fourth-order valence-corrected chi connectivity index (χ4v) is 2.27. The first-order valence-corrected chi connectivity index (χ1v) is 5.56. The standard InChI is InChI=1S/C12H15NO2.ClH/c1-2-6-13-10(3-1)9-4-5-11-12(7-9)15-8-14-11;/h4-5,7,10,13H,1-3,6,8H2;1H/t10-;/m0./s1. The van der Waals surface area contributed by atoms with E-state index >= 15 is 0 Å². The molecule has 4 heteroatoms. The van der Waals surface area contributed by atoms with Crippen LogP contribution in [-0.4, -0.2) is 13.3 Å². The van der Waals surface area contributed by atoms with E-state index in [-0.39, 0.29) is 12.4 Å². The van der Waals surface area contributed by atoms with E-state index in [1.165, 1.54) is 24.8 Å². The average molecular weight is 242 g/mol. The van der Waals surface area contributed by atoms with Gasteiger partial charge in [-0.05, 0) is 37.1 Å². The van der Waals surface area contributed by atoms with E-state index in [1.54, 1.807) is 0 Å². The van der Waals surface area contributed by atoms with Gasteiger partial charge in [0.2, 0.25) is 6.79 Å². The minimum Gasteiger partial charge on any atom is -0.454 e. The molecule has 0 aliphatic carbocycles. The van der Waals surface area contributed by atoms with Gasteiger partial charge in [-0.1, -0.05) is 12.5 Å². The number of hydrogen-bond acceptors (Lipinski definition) is 3. The van der Waals surface area contributed by atoms with Crippen LogP contribution in [0, 0.1) is 0 Å². The number of piperidine rings is 1. The maximum absolute atomic E-state index is 5.38. The summed E-state index contributed by atoms with van der Waals surface area (Å²) in [6.45, 7) is 1.48. The number of benzene rings is 1. The van der Waals surface area contributed by atoms with Gasteiger partial charge in [-0.15, -0.1) is 12.4 Å². The van der Waals surface area contributed by atoms with Crippen LogP contribution in [0.5, 0.6) is 11.5 Å². The van der Waals surface area contributed by atoms with Crippen LogP contribution in [-0.2, 0) is 0 Å². The Labute approximate surface area is 102 Å². The summed E-state index contributed by atoms with van der Waals surface area (Å²) in [5.74, 6) is 1.76. The lowest BCUT2D eigenvalue weighted by molar-refractivity contribution is 0.174. The summed E-state index contributed by atoms with van der Waals surface area (Å²) in [5.41, 5.74) is 1.32. The van der Waals surface area contributed by atoms with Crippen molar-refractivity contribution in [3.8, 4) is 11.5 Å². The van der Waals surface area contributed by atoms with Gasteiger partial charge >= 0.3 is 0 Å². The topological polar surface area (TPSA) is 30.5 Å². The zero-order valence-corrected chi connectivity index (χ0v) is 9.89. The van der Waals surface area contributed by atoms with E-state index in [0.29, 0.717) is 12.8 Å². The van der Waals surface area contributed by atoms with Crippen LogP contribution in [0.1, 0.15) is 30.9 Å². The van der Waals surface area contributed by atoms with E-state index < -0.39 is 0 Å². The van der Waals surface area contributed by atoms with E-state index in [1.807, 2.05) is 6.07 Å². The van der Waals surface area contributed by atoms with Crippen LogP contribution < -0.4 is 14.8 Å². The Hall–Kier alpha value is -0.930. The van der Waals surface area contributed by atoms with Crippen molar-refractivity contribution in [1.82, 2.24) is 5.32 Å². The molecule has 0 radical (unpaired) electrons. The first-order valence-electron chi connectivity index (χ1n) is 5.56. The first kappa shape index (κ1) is 11.6. The zero-order valence-electron chi connectivity index (χ0n) is 9.07.